The summed E-state index contributed by atoms with van der Waals surface area (Å²) < 4.78 is 5.41. The van der Waals surface area contributed by atoms with E-state index in [-0.39, 0.29) is 6.04 Å². The molecule has 2 N–H and O–H groups in total. The van der Waals surface area contributed by atoms with Crippen molar-refractivity contribution in [3.8, 4) is 5.75 Å². The number of halogens is 2. The highest BCUT2D eigenvalue weighted by atomic mass is 35.5. The molecular weight excluding hydrogens is 325 g/mol. The topological polar surface area (TPSA) is 35.2 Å². The van der Waals surface area contributed by atoms with Crippen LogP contribution in [0, 0.1) is 0 Å². The van der Waals surface area contributed by atoms with Gasteiger partial charge in [0, 0.05) is 22.3 Å². The number of hydrogen-bond acceptors (Lipinski definition) is 3. The van der Waals surface area contributed by atoms with Gasteiger partial charge in [0.05, 0.1) is 17.2 Å². The third kappa shape index (κ3) is 4.30. The molecule has 1 atom stereocenters. The Morgan fingerprint density at radius 2 is 1.90 bits per heavy atom. The van der Waals surface area contributed by atoms with E-state index in [0.29, 0.717) is 10.0 Å². The van der Waals surface area contributed by atoms with Crippen molar-refractivity contribution in [1.82, 2.24) is 0 Å². The number of ether oxygens (including phenoxy) is 1. The van der Waals surface area contributed by atoms with Gasteiger partial charge in [0.25, 0.3) is 0 Å². The van der Waals surface area contributed by atoms with Crippen LogP contribution in [-0.4, -0.2) is 7.11 Å². The van der Waals surface area contributed by atoms with Gasteiger partial charge in [0.15, 0.2) is 0 Å². The first kappa shape index (κ1) is 16.5. The highest BCUT2D eigenvalue weighted by Crippen LogP contribution is 2.32. The molecule has 0 aliphatic heterocycles. The monoisotopic (exact) mass is 341 g/mol. The standard InChI is InChI=1S/C16H17Cl2NOS/c1-10(19)11-3-6-16(20-2)12(7-11)9-21-13-4-5-14(17)15(18)8-13/h3-8,10H,9,19H2,1-2H3. The van der Waals surface area contributed by atoms with Gasteiger partial charge in [-0.15, -0.1) is 11.8 Å². The minimum Gasteiger partial charge on any atom is -0.496 e. The van der Waals surface area contributed by atoms with Crippen LogP contribution in [0.25, 0.3) is 0 Å². The van der Waals surface area contributed by atoms with E-state index >= 15 is 0 Å². The van der Waals surface area contributed by atoms with Crippen molar-refractivity contribution < 1.29 is 4.74 Å². The zero-order valence-corrected chi connectivity index (χ0v) is 14.2. The van der Waals surface area contributed by atoms with E-state index in [1.807, 2.05) is 37.3 Å². The minimum atomic E-state index is 0.00429. The molecule has 21 heavy (non-hydrogen) atoms. The molecule has 2 rings (SSSR count). The van der Waals surface area contributed by atoms with Gasteiger partial charge in [-0.2, -0.15) is 0 Å². The quantitative estimate of drug-likeness (QED) is 0.748. The van der Waals surface area contributed by atoms with Crippen LogP contribution in [0.3, 0.4) is 0 Å². The number of rotatable bonds is 5. The Morgan fingerprint density at radius 1 is 1.14 bits per heavy atom. The molecule has 0 aliphatic carbocycles. The third-order valence-electron chi connectivity index (χ3n) is 3.12. The molecule has 0 saturated carbocycles. The van der Waals surface area contributed by atoms with Crippen LogP contribution < -0.4 is 10.5 Å². The van der Waals surface area contributed by atoms with Crippen molar-refractivity contribution in [2.75, 3.05) is 7.11 Å². The van der Waals surface area contributed by atoms with E-state index in [9.17, 15) is 0 Å². The van der Waals surface area contributed by atoms with Crippen LogP contribution in [0.5, 0.6) is 5.75 Å². The van der Waals surface area contributed by atoms with E-state index in [4.69, 9.17) is 33.7 Å². The second kappa shape index (κ2) is 7.41. The van der Waals surface area contributed by atoms with E-state index in [1.165, 1.54) is 0 Å². The zero-order valence-electron chi connectivity index (χ0n) is 11.9. The lowest BCUT2D eigenvalue weighted by Gasteiger charge is -2.13. The van der Waals surface area contributed by atoms with Crippen molar-refractivity contribution >= 4 is 35.0 Å². The summed E-state index contributed by atoms with van der Waals surface area (Å²) in [5.41, 5.74) is 8.15. The smallest absolute Gasteiger partial charge is 0.122 e. The minimum absolute atomic E-state index is 0.00429. The third-order valence-corrected chi connectivity index (χ3v) is 4.90. The molecule has 0 radical (unpaired) electrons. The first-order chi connectivity index (χ1) is 10.0. The largest absolute Gasteiger partial charge is 0.496 e. The summed E-state index contributed by atoms with van der Waals surface area (Å²) in [6.07, 6.45) is 0. The summed E-state index contributed by atoms with van der Waals surface area (Å²) in [6, 6.07) is 11.7. The van der Waals surface area contributed by atoms with E-state index < -0.39 is 0 Å². The van der Waals surface area contributed by atoms with E-state index in [1.54, 1.807) is 18.9 Å². The molecule has 2 aromatic rings. The van der Waals surface area contributed by atoms with Crippen molar-refractivity contribution in [2.45, 2.75) is 23.6 Å². The second-order valence-electron chi connectivity index (χ2n) is 4.72. The number of thioether (sulfide) groups is 1. The molecule has 0 amide bonds. The van der Waals surface area contributed by atoms with Crippen molar-refractivity contribution in [1.29, 1.82) is 0 Å². The predicted octanol–water partition coefficient (Wildman–Crippen LogP) is 5.31. The van der Waals surface area contributed by atoms with Gasteiger partial charge >= 0.3 is 0 Å². The highest BCUT2D eigenvalue weighted by molar-refractivity contribution is 7.98. The highest BCUT2D eigenvalue weighted by Gasteiger charge is 2.08. The molecule has 0 aromatic heterocycles. The predicted molar refractivity (Wildman–Crippen MR) is 91.6 cm³/mol. The second-order valence-corrected chi connectivity index (χ2v) is 6.59. The van der Waals surface area contributed by atoms with Crippen LogP contribution in [0.1, 0.15) is 24.1 Å². The van der Waals surface area contributed by atoms with Gasteiger partial charge in [0.2, 0.25) is 0 Å². The molecule has 112 valence electrons. The van der Waals surface area contributed by atoms with Crippen LogP contribution in [0.15, 0.2) is 41.3 Å². The summed E-state index contributed by atoms with van der Waals surface area (Å²) in [5, 5.41) is 1.13. The van der Waals surface area contributed by atoms with Gasteiger partial charge < -0.3 is 10.5 Å². The Hall–Kier alpha value is -0.870. The molecule has 0 aliphatic rings. The summed E-state index contributed by atoms with van der Waals surface area (Å²) in [4.78, 5) is 1.07. The number of methoxy groups -OCH3 is 1. The maximum Gasteiger partial charge on any atom is 0.122 e. The molecule has 2 aromatic carbocycles. The Bertz CT molecular complexity index is 632. The molecule has 1 unspecified atom stereocenters. The van der Waals surface area contributed by atoms with Crippen LogP contribution in [-0.2, 0) is 5.75 Å². The average molecular weight is 342 g/mol. The number of nitrogens with two attached hydrogens (primary N) is 1. The van der Waals surface area contributed by atoms with Crippen molar-refractivity contribution in [3.63, 3.8) is 0 Å². The van der Waals surface area contributed by atoms with Crippen LogP contribution >= 0.6 is 35.0 Å². The van der Waals surface area contributed by atoms with Gasteiger partial charge in [-0.1, -0.05) is 29.3 Å². The Labute approximate surface area is 139 Å². The molecule has 0 saturated heterocycles. The van der Waals surface area contributed by atoms with Gasteiger partial charge in [-0.25, -0.2) is 0 Å². The summed E-state index contributed by atoms with van der Waals surface area (Å²) in [7, 11) is 1.67. The molecule has 0 spiro atoms. The molecule has 2 nitrogen and oxygen atoms in total. The lowest BCUT2D eigenvalue weighted by atomic mass is 10.1. The lowest BCUT2D eigenvalue weighted by Crippen LogP contribution is -2.05. The molecular formula is C16H17Cl2NOS. The fraction of sp³-hybridized carbons (Fsp3) is 0.250. The molecule has 0 bridgehead atoms. The number of hydrogen-bond donors (Lipinski definition) is 1. The first-order valence-corrected chi connectivity index (χ1v) is 8.25. The van der Waals surface area contributed by atoms with E-state index in [0.717, 1.165) is 27.5 Å². The van der Waals surface area contributed by atoms with Gasteiger partial charge in [0.1, 0.15) is 5.75 Å². The van der Waals surface area contributed by atoms with Gasteiger partial charge in [-0.05, 0) is 42.8 Å². The molecule has 0 heterocycles. The van der Waals surface area contributed by atoms with Crippen LogP contribution in [0.4, 0.5) is 0 Å². The Balaban J connectivity index is 2.17. The lowest BCUT2D eigenvalue weighted by molar-refractivity contribution is 0.411. The summed E-state index contributed by atoms with van der Waals surface area (Å²) in [5.74, 6) is 1.65. The van der Waals surface area contributed by atoms with Crippen molar-refractivity contribution in [3.05, 3.63) is 57.6 Å². The molecule has 0 fully saturated rings. The summed E-state index contributed by atoms with van der Waals surface area (Å²) in [6.45, 7) is 1.97. The van der Waals surface area contributed by atoms with Crippen molar-refractivity contribution in [2.24, 2.45) is 5.73 Å². The maximum atomic E-state index is 6.03. The zero-order chi connectivity index (χ0) is 15.4. The Kier molecular flexibility index (Phi) is 5.82. The fourth-order valence-electron chi connectivity index (χ4n) is 1.92. The summed E-state index contributed by atoms with van der Waals surface area (Å²) >= 11 is 13.6. The van der Waals surface area contributed by atoms with E-state index in [2.05, 4.69) is 6.07 Å². The van der Waals surface area contributed by atoms with Crippen LogP contribution in [0.2, 0.25) is 10.0 Å². The normalized spacial score (nSPS) is 12.2. The maximum absolute atomic E-state index is 6.03. The first-order valence-electron chi connectivity index (χ1n) is 6.51. The SMILES string of the molecule is COc1ccc(C(C)N)cc1CSc1ccc(Cl)c(Cl)c1. The fourth-order valence-corrected chi connectivity index (χ4v) is 3.20. The average Bonchev–Trinajstić information content (AvgIpc) is 2.48. The number of benzene rings is 2. The molecule has 5 heteroatoms. The Morgan fingerprint density at radius 3 is 2.52 bits per heavy atom. The van der Waals surface area contributed by atoms with Gasteiger partial charge in [-0.3, -0.25) is 0 Å².